The molecule has 104 valence electrons. The van der Waals surface area contributed by atoms with Crippen molar-refractivity contribution in [3.8, 4) is 0 Å². The molecule has 0 spiro atoms. The number of benzene rings is 1. The van der Waals surface area contributed by atoms with Gasteiger partial charge in [0, 0.05) is 6.42 Å². The van der Waals surface area contributed by atoms with Gasteiger partial charge in [0.1, 0.15) is 5.82 Å². The number of unbranched alkanes of at least 4 members (excludes halogenated alkanes) is 1. The molecule has 0 heterocycles. The molecule has 0 aliphatic carbocycles. The lowest BCUT2D eigenvalue weighted by Crippen LogP contribution is -2.15. The van der Waals surface area contributed by atoms with Crippen LogP contribution < -0.4 is 11.1 Å². The molecule has 6 heteroatoms. The Labute approximate surface area is 110 Å². The molecule has 0 saturated carbocycles. The van der Waals surface area contributed by atoms with Crippen LogP contribution >= 0.6 is 0 Å². The predicted octanol–water partition coefficient (Wildman–Crippen LogP) is 1.68. The molecule has 5 nitrogen and oxygen atoms in total. The average molecular weight is 268 g/mol. The van der Waals surface area contributed by atoms with E-state index in [4.69, 9.17) is 5.73 Å². The first-order valence-corrected chi connectivity index (χ1v) is 5.96. The smallest absolute Gasteiger partial charge is 0.340 e. The van der Waals surface area contributed by atoms with Crippen LogP contribution in [-0.2, 0) is 9.53 Å². The minimum atomic E-state index is -0.697. The second-order valence-corrected chi connectivity index (χ2v) is 3.98. The van der Waals surface area contributed by atoms with Crippen molar-refractivity contribution in [1.29, 1.82) is 0 Å². The van der Waals surface area contributed by atoms with Crippen molar-refractivity contribution in [3.63, 3.8) is 0 Å². The summed E-state index contributed by atoms with van der Waals surface area (Å²) in [5.41, 5.74) is 5.57. The van der Waals surface area contributed by atoms with Crippen molar-refractivity contribution < 1.29 is 18.7 Å². The van der Waals surface area contributed by atoms with Gasteiger partial charge in [-0.05, 0) is 37.6 Å². The van der Waals surface area contributed by atoms with Crippen LogP contribution in [0.5, 0.6) is 0 Å². The van der Waals surface area contributed by atoms with Gasteiger partial charge in [0.15, 0.2) is 0 Å². The summed E-state index contributed by atoms with van der Waals surface area (Å²) in [6, 6.07) is 3.53. The van der Waals surface area contributed by atoms with Crippen LogP contribution in [0.1, 0.15) is 29.6 Å². The molecule has 0 unspecified atom stereocenters. The Hall–Kier alpha value is -1.95. The Morgan fingerprint density at radius 1 is 1.37 bits per heavy atom. The van der Waals surface area contributed by atoms with Crippen molar-refractivity contribution >= 4 is 17.6 Å². The number of rotatable bonds is 6. The van der Waals surface area contributed by atoms with Gasteiger partial charge in [0.2, 0.25) is 5.91 Å². The van der Waals surface area contributed by atoms with Crippen LogP contribution in [0.4, 0.5) is 10.1 Å². The monoisotopic (exact) mass is 268 g/mol. The van der Waals surface area contributed by atoms with Gasteiger partial charge in [0.25, 0.3) is 0 Å². The lowest BCUT2D eigenvalue weighted by atomic mass is 10.1. The number of anilines is 1. The molecular weight excluding hydrogens is 251 g/mol. The van der Waals surface area contributed by atoms with E-state index in [0.29, 0.717) is 19.4 Å². The van der Waals surface area contributed by atoms with E-state index in [-0.39, 0.29) is 17.2 Å². The highest BCUT2D eigenvalue weighted by Gasteiger charge is 2.14. The van der Waals surface area contributed by atoms with E-state index in [9.17, 15) is 14.0 Å². The normalized spacial score (nSPS) is 10.1. The van der Waals surface area contributed by atoms with Crippen LogP contribution in [0.2, 0.25) is 0 Å². The zero-order valence-electron chi connectivity index (χ0n) is 10.7. The van der Waals surface area contributed by atoms with Crippen LogP contribution in [0.15, 0.2) is 18.2 Å². The zero-order chi connectivity index (χ0) is 14.3. The molecule has 19 heavy (non-hydrogen) atoms. The predicted molar refractivity (Wildman–Crippen MR) is 69.3 cm³/mol. The summed E-state index contributed by atoms with van der Waals surface area (Å²) in [5.74, 6) is -1.51. The van der Waals surface area contributed by atoms with Gasteiger partial charge in [-0.3, -0.25) is 4.79 Å². The Morgan fingerprint density at radius 2 is 2.11 bits per heavy atom. The summed E-state index contributed by atoms with van der Waals surface area (Å²) in [6.45, 7) is 0.525. The largest absolute Gasteiger partial charge is 0.465 e. The van der Waals surface area contributed by atoms with Gasteiger partial charge in [-0.25, -0.2) is 9.18 Å². The fourth-order valence-corrected chi connectivity index (χ4v) is 1.55. The fourth-order valence-electron chi connectivity index (χ4n) is 1.55. The van der Waals surface area contributed by atoms with E-state index >= 15 is 0 Å². The molecule has 1 aromatic carbocycles. The molecule has 0 aromatic heterocycles. The summed E-state index contributed by atoms with van der Waals surface area (Å²) in [4.78, 5) is 23.1. The van der Waals surface area contributed by atoms with Crippen LogP contribution in [0.3, 0.4) is 0 Å². The first-order chi connectivity index (χ1) is 9.08. The third-order valence-corrected chi connectivity index (χ3v) is 2.52. The quantitative estimate of drug-likeness (QED) is 0.607. The number of nitrogens with one attached hydrogen (secondary N) is 1. The highest BCUT2D eigenvalue weighted by molar-refractivity contribution is 6.01. The van der Waals surface area contributed by atoms with Gasteiger partial charge in [0.05, 0.1) is 18.4 Å². The van der Waals surface area contributed by atoms with Crippen molar-refractivity contribution in [2.75, 3.05) is 19.0 Å². The molecule has 0 aliphatic rings. The average Bonchev–Trinajstić information content (AvgIpc) is 2.40. The van der Waals surface area contributed by atoms with Crippen LogP contribution in [0.25, 0.3) is 0 Å². The van der Waals surface area contributed by atoms with E-state index in [1.54, 1.807) is 0 Å². The Balaban J connectivity index is 2.77. The molecule has 0 saturated heterocycles. The number of carbonyl (C=O) groups excluding carboxylic acids is 2. The SMILES string of the molecule is COC(=O)c1cc(F)ccc1NC(=O)CCCCN. The number of hydrogen-bond acceptors (Lipinski definition) is 4. The van der Waals surface area contributed by atoms with Crippen molar-refractivity contribution in [3.05, 3.63) is 29.6 Å². The van der Waals surface area contributed by atoms with Gasteiger partial charge in [-0.2, -0.15) is 0 Å². The Morgan fingerprint density at radius 3 is 2.74 bits per heavy atom. The van der Waals surface area contributed by atoms with Gasteiger partial charge >= 0.3 is 5.97 Å². The maximum absolute atomic E-state index is 13.1. The summed E-state index contributed by atoms with van der Waals surface area (Å²) in [5, 5.41) is 2.56. The lowest BCUT2D eigenvalue weighted by Gasteiger charge is -2.09. The number of methoxy groups -OCH3 is 1. The maximum atomic E-state index is 13.1. The minimum absolute atomic E-state index is 0.00493. The van der Waals surface area contributed by atoms with Crippen molar-refractivity contribution in [2.24, 2.45) is 5.73 Å². The van der Waals surface area contributed by atoms with E-state index in [1.807, 2.05) is 0 Å². The number of carbonyl (C=O) groups is 2. The van der Waals surface area contributed by atoms with Gasteiger partial charge < -0.3 is 15.8 Å². The molecule has 0 atom stereocenters. The van der Waals surface area contributed by atoms with E-state index in [0.717, 1.165) is 12.5 Å². The first kappa shape index (κ1) is 15.1. The molecule has 1 amide bonds. The molecule has 0 fully saturated rings. The minimum Gasteiger partial charge on any atom is -0.465 e. The highest BCUT2D eigenvalue weighted by Crippen LogP contribution is 2.18. The van der Waals surface area contributed by atoms with Gasteiger partial charge in [-0.1, -0.05) is 0 Å². The van der Waals surface area contributed by atoms with Crippen LogP contribution in [-0.4, -0.2) is 25.5 Å². The molecule has 1 rings (SSSR count). The number of hydrogen-bond donors (Lipinski definition) is 2. The number of nitrogens with two attached hydrogens (primary N) is 1. The van der Waals surface area contributed by atoms with Crippen LogP contribution in [0, 0.1) is 5.82 Å². The second kappa shape index (κ2) is 7.48. The molecule has 0 aliphatic heterocycles. The van der Waals surface area contributed by atoms with E-state index in [2.05, 4.69) is 10.1 Å². The zero-order valence-corrected chi connectivity index (χ0v) is 10.7. The fraction of sp³-hybridized carbons (Fsp3) is 0.385. The Kier molecular flexibility index (Phi) is 5.95. The molecule has 0 bridgehead atoms. The number of halogens is 1. The van der Waals surface area contributed by atoms with Gasteiger partial charge in [-0.15, -0.1) is 0 Å². The lowest BCUT2D eigenvalue weighted by molar-refractivity contribution is -0.116. The topological polar surface area (TPSA) is 81.4 Å². The molecule has 3 N–H and O–H groups in total. The van der Waals surface area contributed by atoms with E-state index in [1.165, 1.54) is 19.2 Å². The Bertz CT molecular complexity index is 463. The van der Waals surface area contributed by atoms with E-state index < -0.39 is 11.8 Å². The number of esters is 1. The maximum Gasteiger partial charge on any atom is 0.340 e. The number of ether oxygens (including phenoxy) is 1. The first-order valence-electron chi connectivity index (χ1n) is 5.96. The van der Waals surface area contributed by atoms with Crippen molar-refractivity contribution in [2.45, 2.75) is 19.3 Å². The standard InChI is InChI=1S/C13H17FN2O3/c1-19-13(18)10-8-9(14)5-6-11(10)16-12(17)4-2-3-7-15/h5-6,8H,2-4,7,15H2,1H3,(H,16,17). The summed E-state index contributed by atoms with van der Waals surface area (Å²) < 4.78 is 17.6. The molecular formula is C13H17FN2O3. The summed E-state index contributed by atoms with van der Waals surface area (Å²) in [6.07, 6.45) is 1.72. The summed E-state index contributed by atoms with van der Waals surface area (Å²) >= 11 is 0. The highest BCUT2D eigenvalue weighted by atomic mass is 19.1. The van der Waals surface area contributed by atoms with Crippen molar-refractivity contribution in [1.82, 2.24) is 0 Å². The summed E-state index contributed by atoms with van der Waals surface area (Å²) in [7, 11) is 1.19. The number of amides is 1. The molecule has 0 radical (unpaired) electrons. The third kappa shape index (κ3) is 4.67. The molecule has 1 aromatic rings. The second-order valence-electron chi connectivity index (χ2n) is 3.98. The third-order valence-electron chi connectivity index (χ3n) is 2.52.